The normalized spacial score (nSPS) is 23.1. The first kappa shape index (κ1) is 8.32. The fourth-order valence-electron chi connectivity index (χ4n) is 0.904. The van der Waals surface area contributed by atoms with Crippen molar-refractivity contribution in [3.05, 3.63) is 0 Å². The van der Waals surface area contributed by atoms with E-state index in [1.165, 1.54) is 0 Å². The fraction of sp³-hybridized carbons (Fsp3) is 0.800. The van der Waals surface area contributed by atoms with Crippen LogP contribution < -0.4 is 0 Å². The molecule has 1 aliphatic rings. The summed E-state index contributed by atoms with van der Waals surface area (Å²) in [7, 11) is -2.95. The average molecular weight is 179 g/mol. The molecule has 1 aliphatic heterocycles. The molecule has 1 fully saturated rings. The van der Waals surface area contributed by atoms with Gasteiger partial charge in [0.05, 0.1) is 11.5 Å². The van der Waals surface area contributed by atoms with E-state index in [1.807, 2.05) is 0 Å². The van der Waals surface area contributed by atoms with E-state index >= 15 is 0 Å². The van der Waals surface area contributed by atoms with Crippen LogP contribution in [-0.4, -0.2) is 49.1 Å². The van der Waals surface area contributed by atoms with Crippen LogP contribution in [0, 0.1) is 0 Å². The molecule has 0 atom stereocenters. The number of sulfone groups is 1. The molecule has 1 saturated heterocycles. The van der Waals surface area contributed by atoms with Gasteiger partial charge in [0.2, 0.25) is 0 Å². The zero-order valence-electron chi connectivity index (χ0n) is 5.86. The highest BCUT2D eigenvalue weighted by Crippen LogP contribution is 2.02. The molecule has 0 aliphatic carbocycles. The smallest absolute Gasteiger partial charge is 0.407 e. The Morgan fingerprint density at radius 1 is 1.27 bits per heavy atom. The van der Waals surface area contributed by atoms with Crippen molar-refractivity contribution in [3.8, 4) is 0 Å². The fourth-order valence-corrected chi connectivity index (χ4v) is 2.10. The molecule has 0 aromatic rings. The average Bonchev–Trinajstić information content (AvgIpc) is 1.86. The van der Waals surface area contributed by atoms with Crippen molar-refractivity contribution in [3.63, 3.8) is 0 Å². The standard InChI is InChI=1S/C5H9NO4S/c7-5(8)6-1-3-11(9,10)4-2-6/h1-4H2,(H,7,8). The van der Waals surface area contributed by atoms with Gasteiger partial charge in [-0.25, -0.2) is 13.2 Å². The third-order valence-electron chi connectivity index (χ3n) is 1.61. The van der Waals surface area contributed by atoms with Crippen LogP contribution in [0.15, 0.2) is 0 Å². The molecule has 1 amide bonds. The van der Waals surface area contributed by atoms with Crippen molar-refractivity contribution < 1.29 is 18.3 Å². The van der Waals surface area contributed by atoms with Crippen LogP contribution in [0.4, 0.5) is 4.79 Å². The summed E-state index contributed by atoms with van der Waals surface area (Å²) in [5.41, 5.74) is 0. The van der Waals surface area contributed by atoms with E-state index in [4.69, 9.17) is 5.11 Å². The largest absolute Gasteiger partial charge is 0.465 e. The zero-order chi connectivity index (χ0) is 8.48. The third-order valence-corrected chi connectivity index (χ3v) is 3.22. The lowest BCUT2D eigenvalue weighted by Gasteiger charge is -2.23. The molecule has 6 heteroatoms. The van der Waals surface area contributed by atoms with E-state index in [1.54, 1.807) is 0 Å². The summed E-state index contributed by atoms with van der Waals surface area (Å²) in [6, 6.07) is 0. The van der Waals surface area contributed by atoms with Gasteiger partial charge in [0.25, 0.3) is 0 Å². The maximum atomic E-state index is 10.8. The first-order valence-corrected chi connectivity index (χ1v) is 5.02. The predicted molar refractivity (Wildman–Crippen MR) is 38.3 cm³/mol. The molecule has 64 valence electrons. The Hall–Kier alpha value is -0.780. The molecule has 0 saturated carbocycles. The van der Waals surface area contributed by atoms with Gasteiger partial charge in [-0.3, -0.25) is 0 Å². The summed E-state index contributed by atoms with van der Waals surface area (Å²) in [6.07, 6.45) is -1.04. The zero-order valence-corrected chi connectivity index (χ0v) is 6.67. The van der Waals surface area contributed by atoms with Crippen LogP contribution in [0.3, 0.4) is 0 Å². The second kappa shape index (κ2) is 2.69. The van der Waals surface area contributed by atoms with Crippen molar-refractivity contribution in [2.24, 2.45) is 0 Å². The van der Waals surface area contributed by atoms with Crippen LogP contribution in [0.25, 0.3) is 0 Å². The molecule has 11 heavy (non-hydrogen) atoms. The van der Waals surface area contributed by atoms with E-state index in [0.29, 0.717) is 0 Å². The number of nitrogens with zero attached hydrogens (tertiary/aromatic N) is 1. The lowest BCUT2D eigenvalue weighted by Crippen LogP contribution is -2.42. The Kier molecular flexibility index (Phi) is 2.03. The van der Waals surface area contributed by atoms with E-state index in [9.17, 15) is 13.2 Å². The third kappa shape index (κ3) is 2.07. The molecule has 1 heterocycles. The SMILES string of the molecule is O=C(O)N1CCS(=O)(=O)CC1. The molecule has 0 aromatic carbocycles. The lowest BCUT2D eigenvalue weighted by atomic mass is 10.5. The highest BCUT2D eigenvalue weighted by atomic mass is 32.2. The molecule has 0 spiro atoms. The van der Waals surface area contributed by atoms with E-state index in [2.05, 4.69) is 0 Å². The lowest BCUT2D eigenvalue weighted by molar-refractivity contribution is 0.149. The molecular weight excluding hydrogens is 170 g/mol. The van der Waals surface area contributed by atoms with Crippen LogP contribution in [0.1, 0.15) is 0 Å². The van der Waals surface area contributed by atoms with Crippen molar-refractivity contribution in [2.75, 3.05) is 24.6 Å². The van der Waals surface area contributed by atoms with Gasteiger partial charge < -0.3 is 10.0 Å². The summed E-state index contributed by atoms with van der Waals surface area (Å²) in [5, 5.41) is 8.44. The molecular formula is C5H9NO4S. The van der Waals surface area contributed by atoms with Gasteiger partial charge in [-0.05, 0) is 0 Å². The molecule has 0 radical (unpaired) electrons. The van der Waals surface area contributed by atoms with E-state index in [-0.39, 0.29) is 24.6 Å². The Labute approximate surface area is 64.5 Å². The van der Waals surface area contributed by atoms with E-state index < -0.39 is 15.9 Å². The van der Waals surface area contributed by atoms with Crippen molar-refractivity contribution in [1.29, 1.82) is 0 Å². The number of amides is 1. The Bertz CT molecular complexity index is 244. The predicted octanol–water partition coefficient (Wildman–Crippen LogP) is -0.605. The van der Waals surface area contributed by atoms with Crippen molar-refractivity contribution in [1.82, 2.24) is 4.90 Å². The minimum Gasteiger partial charge on any atom is -0.465 e. The van der Waals surface area contributed by atoms with Crippen LogP contribution in [0.2, 0.25) is 0 Å². The molecule has 1 N–H and O–H groups in total. The van der Waals surface area contributed by atoms with Crippen molar-refractivity contribution in [2.45, 2.75) is 0 Å². The molecule has 1 rings (SSSR count). The monoisotopic (exact) mass is 179 g/mol. The quantitative estimate of drug-likeness (QED) is 0.538. The number of rotatable bonds is 0. The number of hydrogen-bond donors (Lipinski definition) is 1. The number of carboxylic acid groups (broad SMARTS) is 1. The van der Waals surface area contributed by atoms with Crippen LogP contribution in [0.5, 0.6) is 0 Å². The maximum absolute atomic E-state index is 10.8. The van der Waals surface area contributed by atoms with E-state index in [0.717, 1.165) is 4.90 Å². The highest BCUT2D eigenvalue weighted by molar-refractivity contribution is 7.91. The summed E-state index contributed by atoms with van der Waals surface area (Å²) in [6.45, 7) is 0.218. The Morgan fingerprint density at radius 2 is 1.73 bits per heavy atom. The number of hydrogen-bond acceptors (Lipinski definition) is 3. The molecule has 5 nitrogen and oxygen atoms in total. The summed E-state index contributed by atoms with van der Waals surface area (Å²) in [5.74, 6) is -0.0847. The van der Waals surface area contributed by atoms with Crippen LogP contribution >= 0.6 is 0 Å². The van der Waals surface area contributed by atoms with Gasteiger partial charge in [0.1, 0.15) is 0 Å². The van der Waals surface area contributed by atoms with Gasteiger partial charge in [0.15, 0.2) is 9.84 Å². The summed E-state index contributed by atoms with van der Waals surface area (Å²) < 4.78 is 21.6. The molecule has 0 bridgehead atoms. The summed E-state index contributed by atoms with van der Waals surface area (Å²) in [4.78, 5) is 11.4. The minimum absolute atomic E-state index is 0.0424. The second-order valence-electron chi connectivity index (χ2n) is 2.42. The molecule has 0 aromatic heterocycles. The topological polar surface area (TPSA) is 74.7 Å². The second-order valence-corrected chi connectivity index (χ2v) is 4.73. The van der Waals surface area contributed by atoms with Gasteiger partial charge in [-0.15, -0.1) is 0 Å². The number of carbonyl (C=O) groups is 1. The van der Waals surface area contributed by atoms with Crippen LogP contribution in [-0.2, 0) is 9.84 Å². The molecule has 0 unspecified atom stereocenters. The van der Waals surface area contributed by atoms with Gasteiger partial charge in [-0.1, -0.05) is 0 Å². The highest BCUT2D eigenvalue weighted by Gasteiger charge is 2.24. The van der Waals surface area contributed by atoms with Gasteiger partial charge in [-0.2, -0.15) is 0 Å². The first-order chi connectivity index (χ1) is 5.01. The Morgan fingerprint density at radius 3 is 2.09 bits per heavy atom. The Balaban J connectivity index is 2.56. The summed E-state index contributed by atoms with van der Waals surface area (Å²) >= 11 is 0. The van der Waals surface area contributed by atoms with Crippen molar-refractivity contribution >= 4 is 15.9 Å². The maximum Gasteiger partial charge on any atom is 0.407 e. The van der Waals surface area contributed by atoms with Gasteiger partial charge in [0, 0.05) is 13.1 Å². The minimum atomic E-state index is -2.95. The van der Waals surface area contributed by atoms with Gasteiger partial charge >= 0.3 is 6.09 Å². The first-order valence-electron chi connectivity index (χ1n) is 3.19.